The molecule has 2 N–H and O–H groups in total. The van der Waals surface area contributed by atoms with Crippen molar-refractivity contribution >= 4 is 6.03 Å². The van der Waals surface area contributed by atoms with Gasteiger partial charge in [-0.25, -0.2) is 9.18 Å². The summed E-state index contributed by atoms with van der Waals surface area (Å²) in [5.74, 6) is 0.136. The third kappa shape index (κ3) is 4.70. The third-order valence-electron chi connectivity index (χ3n) is 3.85. The van der Waals surface area contributed by atoms with Gasteiger partial charge in [-0.05, 0) is 57.2 Å². The van der Waals surface area contributed by atoms with E-state index in [1.54, 1.807) is 30.9 Å². The van der Waals surface area contributed by atoms with E-state index >= 15 is 0 Å². The van der Waals surface area contributed by atoms with Gasteiger partial charge < -0.3 is 15.3 Å². The molecule has 1 aromatic carbocycles. The Morgan fingerprint density at radius 1 is 1.41 bits per heavy atom. The monoisotopic (exact) mass is 308 g/mol. The number of halogens is 1. The minimum absolute atomic E-state index is 0.0936. The number of rotatable bonds is 6. The average molecular weight is 308 g/mol. The van der Waals surface area contributed by atoms with Crippen LogP contribution in [0.5, 0.6) is 0 Å². The first kappa shape index (κ1) is 16.7. The molecule has 1 atom stereocenters. The number of carbonyl (C=O) groups is 1. The van der Waals surface area contributed by atoms with E-state index in [0.29, 0.717) is 12.5 Å². The molecule has 1 unspecified atom stereocenters. The van der Waals surface area contributed by atoms with Crippen molar-refractivity contribution < 1.29 is 14.3 Å². The largest absolute Gasteiger partial charge is 0.389 e. The highest BCUT2D eigenvalue weighted by atomic mass is 19.1. The molecule has 22 heavy (non-hydrogen) atoms. The number of nitrogens with zero attached hydrogens (tertiary/aromatic N) is 1. The molecule has 0 radical (unpaired) electrons. The van der Waals surface area contributed by atoms with Crippen molar-refractivity contribution in [2.75, 3.05) is 13.1 Å². The Bertz CT molecular complexity index is 506. The molecule has 1 fully saturated rings. The molecule has 4 nitrogen and oxygen atoms in total. The van der Waals surface area contributed by atoms with E-state index in [0.717, 1.165) is 18.4 Å². The summed E-state index contributed by atoms with van der Waals surface area (Å²) >= 11 is 0. The van der Waals surface area contributed by atoms with Gasteiger partial charge in [-0.1, -0.05) is 12.1 Å². The zero-order valence-corrected chi connectivity index (χ0v) is 13.5. The summed E-state index contributed by atoms with van der Waals surface area (Å²) < 4.78 is 13.1. The number of benzene rings is 1. The van der Waals surface area contributed by atoms with Crippen molar-refractivity contribution in [3.05, 3.63) is 35.6 Å². The molecule has 2 amide bonds. The van der Waals surface area contributed by atoms with Gasteiger partial charge in [-0.15, -0.1) is 0 Å². The van der Waals surface area contributed by atoms with E-state index < -0.39 is 5.60 Å². The zero-order chi connectivity index (χ0) is 16.3. The third-order valence-corrected chi connectivity index (χ3v) is 3.85. The second kappa shape index (κ2) is 6.65. The van der Waals surface area contributed by atoms with Gasteiger partial charge in [0.15, 0.2) is 0 Å². The predicted molar refractivity (Wildman–Crippen MR) is 83.9 cm³/mol. The molecule has 2 rings (SSSR count). The standard InChI is InChI=1S/C17H25FN2O2/c1-4-20(11-17(2,3)22)16(21)19-15(12-5-6-12)13-7-9-14(18)10-8-13/h7-10,12,15,22H,4-6,11H2,1-3H3,(H,19,21). The number of hydrogen-bond acceptors (Lipinski definition) is 2. The van der Waals surface area contributed by atoms with Crippen LogP contribution in [0, 0.1) is 11.7 Å². The fourth-order valence-corrected chi connectivity index (χ4v) is 2.59. The van der Waals surface area contributed by atoms with Crippen molar-refractivity contribution in [3.63, 3.8) is 0 Å². The van der Waals surface area contributed by atoms with Crippen molar-refractivity contribution in [2.24, 2.45) is 5.92 Å². The number of likely N-dealkylation sites (N-methyl/N-ethyl adjacent to an activating group) is 1. The van der Waals surface area contributed by atoms with Crippen molar-refractivity contribution in [3.8, 4) is 0 Å². The molecular weight excluding hydrogens is 283 g/mol. The van der Waals surface area contributed by atoms with E-state index in [2.05, 4.69) is 5.32 Å². The highest BCUT2D eigenvalue weighted by molar-refractivity contribution is 5.75. The van der Waals surface area contributed by atoms with E-state index in [1.807, 2.05) is 6.92 Å². The highest BCUT2D eigenvalue weighted by Gasteiger charge is 2.34. The molecule has 1 aliphatic carbocycles. The lowest BCUT2D eigenvalue weighted by atomic mass is 10.0. The molecule has 1 saturated carbocycles. The van der Waals surface area contributed by atoms with Gasteiger partial charge in [0.2, 0.25) is 0 Å². The number of carbonyl (C=O) groups excluding carboxylic acids is 1. The second-order valence-electron chi connectivity index (χ2n) is 6.64. The lowest BCUT2D eigenvalue weighted by molar-refractivity contribution is 0.0474. The van der Waals surface area contributed by atoms with Crippen LogP contribution in [0.1, 0.15) is 45.2 Å². The van der Waals surface area contributed by atoms with Crippen LogP contribution in [0.2, 0.25) is 0 Å². The van der Waals surface area contributed by atoms with Crippen LogP contribution in [0.4, 0.5) is 9.18 Å². The number of hydrogen-bond donors (Lipinski definition) is 2. The smallest absolute Gasteiger partial charge is 0.317 e. The van der Waals surface area contributed by atoms with Crippen LogP contribution in [0.25, 0.3) is 0 Å². The molecule has 1 aliphatic rings. The van der Waals surface area contributed by atoms with Crippen LogP contribution in [-0.4, -0.2) is 34.7 Å². The van der Waals surface area contributed by atoms with Crippen LogP contribution in [0.15, 0.2) is 24.3 Å². The summed E-state index contributed by atoms with van der Waals surface area (Å²) in [5, 5.41) is 12.9. The van der Waals surface area contributed by atoms with Crippen molar-refractivity contribution in [2.45, 2.75) is 45.3 Å². The fraction of sp³-hybridized carbons (Fsp3) is 0.588. The van der Waals surface area contributed by atoms with Crippen LogP contribution >= 0.6 is 0 Å². The van der Waals surface area contributed by atoms with Crippen LogP contribution < -0.4 is 5.32 Å². The summed E-state index contributed by atoms with van der Waals surface area (Å²) in [7, 11) is 0. The maximum atomic E-state index is 13.1. The molecule has 0 saturated heterocycles. The van der Waals surface area contributed by atoms with Crippen LogP contribution in [-0.2, 0) is 0 Å². The van der Waals surface area contributed by atoms with E-state index in [-0.39, 0.29) is 24.4 Å². The lowest BCUT2D eigenvalue weighted by Crippen LogP contribution is -2.47. The van der Waals surface area contributed by atoms with Crippen molar-refractivity contribution in [1.82, 2.24) is 10.2 Å². The first-order chi connectivity index (χ1) is 10.3. The Kier molecular flexibility index (Phi) is 5.06. The summed E-state index contributed by atoms with van der Waals surface area (Å²) in [4.78, 5) is 14.1. The lowest BCUT2D eigenvalue weighted by Gasteiger charge is -2.30. The molecule has 0 aromatic heterocycles. The van der Waals surface area contributed by atoms with E-state index in [9.17, 15) is 14.3 Å². The minimum atomic E-state index is -0.932. The minimum Gasteiger partial charge on any atom is -0.389 e. The normalized spacial score (nSPS) is 16.2. The van der Waals surface area contributed by atoms with Gasteiger partial charge >= 0.3 is 6.03 Å². The molecule has 0 spiro atoms. The van der Waals surface area contributed by atoms with E-state index in [4.69, 9.17) is 0 Å². The van der Waals surface area contributed by atoms with Crippen molar-refractivity contribution in [1.29, 1.82) is 0 Å². The Labute approximate surface area is 131 Å². The summed E-state index contributed by atoms with van der Waals surface area (Å²) in [6.45, 7) is 6.05. The fourth-order valence-electron chi connectivity index (χ4n) is 2.59. The average Bonchev–Trinajstić information content (AvgIpc) is 3.26. The zero-order valence-electron chi connectivity index (χ0n) is 13.5. The Hall–Kier alpha value is -1.62. The Balaban J connectivity index is 2.07. The SMILES string of the molecule is CCN(CC(C)(C)O)C(=O)NC(c1ccc(F)cc1)C1CC1. The number of aliphatic hydroxyl groups is 1. The second-order valence-corrected chi connectivity index (χ2v) is 6.64. The number of amides is 2. The maximum absolute atomic E-state index is 13.1. The van der Waals surface area contributed by atoms with Gasteiger partial charge in [-0.3, -0.25) is 0 Å². The van der Waals surface area contributed by atoms with Gasteiger partial charge in [-0.2, -0.15) is 0 Å². The summed E-state index contributed by atoms with van der Waals surface area (Å²) in [6, 6.07) is 6.02. The number of urea groups is 1. The van der Waals surface area contributed by atoms with Gasteiger partial charge in [0, 0.05) is 6.54 Å². The van der Waals surface area contributed by atoms with Gasteiger partial charge in [0.05, 0.1) is 18.2 Å². The molecule has 1 aromatic rings. The van der Waals surface area contributed by atoms with Gasteiger partial charge in [0.1, 0.15) is 5.82 Å². The molecule has 122 valence electrons. The topological polar surface area (TPSA) is 52.6 Å². The Morgan fingerprint density at radius 3 is 2.45 bits per heavy atom. The maximum Gasteiger partial charge on any atom is 0.317 e. The molecule has 0 heterocycles. The first-order valence-electron chi connectivity index (χ1n) is 7.83. The quantitative estimate of drug-likeness (QED) is 0.848. The first-order valence-corrected chi connectivity index (χ1v) is 7.83. The number of nitrogens with one attached hydrogen (secondary N) is 1. The molecular formula is C17H25FN2O2. The molecule has 5 heteroatoms. The predicted octanol–water partition coefficient (Wildman–Crippen LogP) is 3.08. The molecule has 0 bridgehead atoms. The summed E-state index contributed by atoms with van der Waals surface area (Å²) in [5.41, 5.74) is -0.00487. The van der Waals surface area contributed by atoms with Gasteiger partial charge in [0.25, 0.3) is 0 Å². The summed E-state index contributed by atoms with van der Waals surface area (Å²) in [6.07, 6.45) is 2.14. The Morgan fingerprint density at radius 2 is 2.00 bits per heavy atom. The molecule has 0 aliphatic heterocycles. The highest BCUT2D eigenvalue weighted by Crippen LogP contribution is 2.41. The van der Waals surface area contributed by atoms with Crippen LogP contribution in [0.3, 0.4) is 0 Å². The van der Waals surface area contributed by atoms with E-state index in [1.165, 1.54) is 12.1 Å².